The van der Waals surface area contributed by atoms with Gasteiger partial charge in [0.15, 0.2) is 5.90 Å². The summed E-state index contributed by atoms with van der Waals surface area (Å²) in [6.07, 6.45) is 4.65. The molecule has 1 aliphatic rings. The van der Waals surface area contributed by atoms with Crippen LogP contribution in [0.2, 0.25) is 0 Å². The van der Waals surface area contributed by atoms with E-state index in [4.69, 9.17) is 9.47 Å². The molecule has 1 aliphatic heterocycles. The fourth-order valence-corrected chi connectivity index (χ4v) is 2.27. The molecule has 0 unspecified atom stereocenters. The van der Waals surface area contributed by atoms with Crippen molar-refractivity contribution in [2.24, 2.45) is 4.99 Å². The molecule has 0 aliphatic carbocycles. The van der Waals surface area contributed by atoms with Gasteiger partial charge in [-0.2, -0.15) is 0 Å². The molecule has 0 bridgehead atoms. The number of carbonyl (C=O) groups excluding carboxylic acids is 1. The molecule has 1 amide bonds. The minimum Gasteiger partial charge on any atom is -0.476 e. The number of rotatable bonds is 6. The Bertz CT molecular complexity index is 602. The van der Waals surface area contributed by atoms with Crippen molar-refractivity contribution >= 4 is 11.8 Å². The van der Waals surface area contributed by atoms with Crippen molar-refractivity contribution in [1.82, 2.24) is 5.32 Å². The highest BCUT2D eigenvalue weighted by Gasteiger charge is 2.17. The predicted molar refractivity (Wildman–Crippen MR) is 94.6 cm³/mol. The molecule has 1 saturated heterocycles. The summed E-state index contributed by atoms with van der Waals surface area (Å²) in [5.74, 6) is 0.327. The Kier molecular flexibility index (Phi) is 7.23. The zero-order valence-corrected chi connectivity index (χ0v) is 14.0. The Morgan fingerprint density at radius 2 is 2.08 bits per heavy atom. The molecule has 1 aromatic carbocycles. The molecule has 24 heavy (non-hydrogen) atoms. The van der Waals surface area contributed by atoms with Gasteiger partial charge in [-0.15, -0.1) is 0 Å². The monoisotopic (exact) mass is 328 g/mol. The average Bonchev–Trinajstić information content (AvgIpc) is 2.62. The molecule has 5 heteroatoms. The summed E-state index contributed by atoms with van der Waals surface area (Å²) >= 11 is 0. The molecule has 0 saturated carbocycles. The second-order valence-electron chi connectivity index (χ2n) is 5.57. The van der Waals surface area contributed by atoms with Gasteiger partial charge in [-0.1, -0.05) is 43.0 Å². The molecule has 0 atom stereocenters. The van der Waals surface area contributed by atoms with Gasteiger partial charge in [-0.25, -0.2) is 4.99 Å². The number of ether oxygens (including phenoxy) is 2. The highest BCUT2D eigenvalue weighted by molar-refractivity contribution is 5.96. The van der Waals surface area contributed by atoms with E-state index in [0.29, 0.717) is 31.3 Å². The molecule has 128 valence electrons. The Balaban J connectivity index is 1.88. The fourth-order valence-electron chi connectivity index (χ4n) is 2.27. The molecule has 1 heterocycles. The van der Waals surface area contributed by atoms with Crippen LogP contribution in [-0.2, 0) is 20.9 Å². The largest absolute Gasteiger partial charge is 0.476 e. The summed E-state index contributed by atoms with van der Waals surface area (Å²) in [6.45, 7) is 7.26. The molecule has 1 fully saturated rings. The molecule has 1 aromatic rings. The lowest BCUT2D eigenvalue weighted by Gasteiger charge is -2.23. The molecule has 5 nitrogen and oxygen atoms in total. The maximum atomic E-state index is 12.2. The zero-order chi connectivity index (χ0) is 17.2. The van der Waals surface area contributed by atoms with Gasteiger partial charge in [-0.05, 0) is 18.4 Å². The minimum atomic E-state index is -0.170. The minimum absolute atomic E-state index is 0.147. The van der Waals surface area contributed by atoms with Crippen molar-refractivity contribution in [2.45, 2.75) is 32.4 Å². The zero-order valence-electron chi connectivity index (χ0n) is 14.0. The number of hydrogen-bond acceptors (Lipinski definition) is 4. The van der Waals surface area contributed by atoms with E-state index >= 15 is 0 Å². The molecule has 1 N–H and O–H groups in total. The molecular formula is C19H24N2O3. The van der Waals surface area contributed by atoms with Crippen molar-refractivity contribution < 1.29 is 14.3 Å². The van der Waals surface area contributed by atoms with E-state index in [1.165, 1.54) is 12.3 Å². The normalized spacial score (nSPS) is 16.5. The third kappa shape index (κ3) is 6.01. The van der Waals surface area contributed by atoms with Gasteiger partial charge in [0.05, 0.1) is 5.57 Å². The number of benzene rings is 1. The lowest BCUT2D eigenvalue weighted by atomic mass is 10.1. The number of nitrogens with zero attached hydrogens (tertiary/aromatic N) is 1. The fraction of sp³-hybridized carbons (Fsp3) is 0.368. The van der Waals surface area contributed by atoms with Gasteiger partial charge < -0.3 is 14.8 Å². The van der Waals surface area contributed by atoms with Crippen LogP contribution in [0.1, 0.15) is 25.3 Å². The van der Waals surface area contributed by atoms with E-state index < -0.39 is 0 Å². The van der Waals surface area contributed by atoms with Crippen LogP contribution in [-0.4, -0.2) is 31.1 Å². The van der Waals surface area contributed by atoms with E-state index in [0.717, 1.165) is 18.4 Å². The van der Waals surface area contributed by atoms with Crippen LogP contribution < -0.4 is 5.32 Å². The van der Waals surface area contributed by atoms with Gasteiger partial charge in [0.25, 0.3) is 5.91 Å². The second kappa shape index (κ2) is 9.67. The third-order valence-corrected chi connectivity index (χ3v) is 3.71. The van der Waals surface area contributed by atoms with Crippen LogP contribution in [0.4, 0.5) is 0 Å². The first-order valence-electron chi connectivity index (χ1n) is 8.11. The van der Waals surface area contributed by atoms with Crippen molar-refractivity contribution in [3.05, 3.63) is 60.3 Å². The number of aliphatic imine (C=N–C) groups is 1. The predicted octanol–water partition coefficient (Wildman–Crippen LogP) is 2.99. The van der Waals surface area contributed by atoms with Crippen molar-refractivity contribution in [3.8, 4) is 0 Å². The quantitative estimate of drug-likeness (QED) is 0.378. The lowest BCUT2D eigenvalue weighted by Crippen LogP contribution is -2.39. The maximum absolute atomic E-state index is 12.2. The van der Waals surface area contributed by atoms with Crippen molar-refractivity contribution in [3.63, 3.8) is 0 Å². The van der Waals surface area contributed by atoms with E-state index in [2.05, 4.69) is 16.9 Å². The maximum Gasteiger partial charge on any atom is 0.253 e. The number of nitrogens with one attached hydrogen (secondary N) is 1. The molecule has 2 rings (SSSR count). The van der Waals surface area contributed by atoms with Crippen LogP contribution in [0.15, 0.2) is 59.8 Å². The highest BCUT2D eigenvalue weighted by atomic mass is 16.5. The van der Waals surface area contributed by atoms with Gasteiger partial charge in [0.1, 0.15) is 6.61 Å². The smallest absolute Gasteiger partial charge is 0.253 e. The van der Waals surface area contributed by atoms with Gasteiger partial charge in [0, 0.05) is 32.4 Å². The summed E-state index contributed by atoms with van der Waals surface area (Å²) in [5, 5.41) is 2.98. The van der Waals surface area contributed by atoms with E-state index in [-0.39, 0.29) is 11.9 Å². The molecule has 0 aromatic heterocycles. The first-order valence-corrected chi connectivity index (χ1v) is 8.11. The molecular weight excluding hydrogens is 304 g/mol. The van der Waals surface area contributed by atoms with Crippen LogP contribution >= 0.6 is 0 Å². The van der Waals surface area contributed by atoms with Crippen LogP contribution in [0.5, 0.6) is 0 Å². The number of hydrogen-bond donors (Lipinski definition) is 1. The SMILES string of the molecule is C=CC(=CN=C(C)OCc1ccccc1)C(=O)NC1CCOCC1. The summed E-state index contributed by atoms with van der Waals surface area (Å²) in [6, 6.07) is 10.00. The molecule has 0 radical (unpaired) electrons. The molecule has 0 spiro atoms. The Labute approximate surface area is 143 Å². The standard InChI is InChI=1S/C19H24N2O3/c1-3-17(19(22)21-18-9-11-23-12-10-18)13-20-15(2)24-14-16-7-5-4-6-8-16/h3-8,13,18H,1,9-12,14H2,2H3,(H,21,22). The number of amides is 1. The topological polar surface area (TPSA) is 59.9 Å². The second-order valence-corrected chi connectivity index (χ2v) is 5.57. The van der Waals surface area contributed by atoms with Gasteiger partial charge in [0.2, 0.25) is 0 Å². The van der Waals surface area contributed by atoms with Crippen LogP contribution in [0, 0.1) is 0 Å². The Hall–Kier alpha value is -2.40. The summed E-state index contributed by atoms with van der Waals surface area (Å²) in [4.78, 5) is 16.4. The van der Waals surface area contributed by atoms with Gasteiger partial charge in [-0.3, -0.25) is 4.79 Å². The van der Waals surface area contributed by atoms with E-state index in [9.17, 15) is 4.79 Å². The summed E-state index contributed by atoms with van der Waals surface area (Å²) in [7, 11) is 0. The van der Waals surface area contributed by atoms with E-state index in [1.807, 2.05) is 30.3 Å². The van der Waals surface area contributed by atoms with Crippen molar-refractivity contribution in [1.29, 1.82) is 0 Å². The first-order chi connectivity index (χ1) is 11.7. The average molecular weight is 328 g/mol. The van der Waals surface area contributed by atoms with Crippen molar-refractivity contribution in [2.75, 3.05) is 13.2 Å². The highest BCUT2D eigenvalue weighted by Crippen LogP contribution is 2.08. The third-order valence-electron chi connectivity index (χ3n) is 3.71. The summed E-state index contributed by atoms with van der Waals surface area (Å²) < 4.78 is 10.9. The Morgan fingerprint density at radius 1 is 1.38 bits per heavy atom. The lowest BCUT2D eigenvalue weighted by molar-refractivity contribution is -0.118. The Morgan fingerprint density at radius 3 is 2.75 bits per heavy atom. The van der Waals surface area contributed by atoms with Crippen LogP contribution in [0.3, 0.4) is 0 Å². The first kappa shape index (κ1) is 17.9. The van der Waals surface area contributed by atoms with Gasteiger partial charge >= 0.3 is 0 Å². The van der Waals surface area contributed by atoms with Crippen LogP contribution in [0.25, 0.3) is 0 Å². The summed E-state index contributed by atoms with van der Waals surface area (Å²) in [5.41, 5.74) is 1.49. The number of carbonyl (C=O) groups is 1. The van der Waals surface area contributed by atoms with E-state index in [1.54, 1.807) is 6.92 Å².